The van der Waals surface area contributed by atoms with Crippen LogP contribution in [0.1, 0.15) is 16.1 Å². The highest BCUT2D eigenvalue weighted by Gasteiger charge is 2.12. The summed E-state index contributed by atoms with van der Waals surface area (Å²) in [5.74, 6) is 0.139. The largest absolute Gasteiger partial charge is 0.495 e. The van der Waals surface area contributed by atoms with Gasteiger partial charge in [-0.3, -0.25) is 9.59 Å². The van der Waals surface area contributed by atoms with E-state index in [1.54, 1.807) is 23.6 Å². The molecule has 1 heterocycles. The predicted molar refractivity (Wildman–Crippen MR) is 73.5 cm³/mol. The van der Waals surface area contributed by atoms with E-state index in [9.17, 15) is 9.59 Å². The zero-order valence-electron chi connectivity index (χ0n) is 10.2. The fourth-order valence-corrected chi connectivity index (χ4v) is 2.17. The Morgan fingerprint density at radius 2 is 2.32 bits per heavy atom. The number of anilines is 1. The zero-order valence-corrected chi connectivity index (χ0v) is 11.0. The second-order valence-electron chi connectivity index (χ2n) is 3.78. The smallest absolute Gasteiger partial charge is 0.304 e. The van der Waals surface area contributed by atoms with E-state index < -0.39 is 0 Å². The summed E-state index contributed by atoms with van der Waals surface area (Å²) in [6.07, 6.45) is 0. The lowest BCUT2D eigenvalue weighted by atomic mass is 10.1. The number of amides is 1. The maximum atomic E-state index is 12.0. The molecule has 0 aliphatic carbocycles. The van der Waals surface area contributed by atoms with Crippen LogP contribution in [-0.4, -0.2) is 18.0 Å². The van der Waals surface area contributed by atoms with Crippen LogP contribution in [0, 0.1) is 0 Å². The van der Waals surface area contributed by atoms with Gasteiger partial charge in [-0.05, 0) is 12.1 Å². The van der Waals surface area contributed by atoms with Crippen LogP contribution in [0.4, 0.5) is 5.69 Å². The molecule has 0 spiro atoms. The number of aromatic nitrogens is 1. The Morgan fingerprint density at radius 3 is 2.95 bits per heavy atom. The molecule has 0 atom stereocenters. The summed E-state index contributed by atoms with van der Waals surface area (Å²) in [7, 11) is 1.49. The Balaban J connectivity index is 2.10. The number of nitrogen functional groups attached to an aromatic ring is 1. The number of H-pyrrole nitrogens is 1. The van der Waals surface area contributed by atoms with Crippen molar-refractivity contribution in [3.8, 4) is 5.75 Å². The average molecular weight is 279 g/mol. The fraction of sp³-hybridized carbons (Fsp3) is 0.167. The van der Waals surface area contributed by atoms with Crippen molar-refractivity contribution in [2.75, 3.05) is 12.8 Å². The van der Waals surface area contributed by atoms with Gasteiger partial charge in [-0.25, -0.2) is 0 Å². The number of thiazole rings is 1. The topological polar surface area (TPSA) is 97.2 Å². The number of carbonyl (C=O) groups excluding carboxylic acids is 1. The van der Waals surface area contributed by atoms with Crippen molar-refractivity contribution in [1.82, 2.24) is 10.3 Å². The van der Waals surface area contributed by atoms with E-state index in [4.69, 9.17) is 10.5 Å². The van der Waals surface area contributed by atoms with Crippen molar-refractivity contribution in [2.24, 2.45) is 0 Å². The van der Waals surface area contributed by atoms with E-state index in [1.165, 1.54) is 7.11 Å². The molecule has 2 aromatic rings. The number of benzene rings is 1. The number of hydrogen-bond donors (Lipinski definition) is 3. The number of aromatic amines is 1. The molecule has 1 aromatic heterocycles. The highest BCUT2D eigenvalue weighted by Crippen LogP contribution is 2.24. The third-order valence-electron chi connectivity index (χ3n) is 2.54. The minimum absolute atomic E-state index is 0.148. The standard InChI is InChI=1S/C12H13N3O3S/c1-18-9-4-2-3-8(10(9)13)11(16)14-5-7-6-19-12(17)15-7/h2-4,6H,5,13H2,1H3,(H,14,16)(H,15,17). The van der Waals surface area contributed by atoms with Gasteiger partial charge >= 0.3 is 4.87 Å². The van der Waals surface area contributed by atoms with Gasteiger partial charge in [-0.2, -0.15) is 0 Å². The number of ether oxygens (including phenoxy) is 1. The molecule has 0 aliphatic heterocycles. The van der Waals surface area contributed by atoms with Crippen molar-refractivity contribution in [3.63, 3.8) is 0 Å². The van der Waals surface area contributed by atoms with Crippen LogP contribution < -0.4 is 20.7 Å². The van der Waals surface area contributed by atoms with Crippen molar-refractivity contribution >= 4 is 22.9 Å². The molecule has 0 bridgehead atoms. The summed E-state index contributed by atoms with van der Waals surface area (Å²) >= 11 is 1.05. The number of rotatable bonds is 4. The molecular formula is C12H13N3O3S. The maximum absolute atomic E-state index is 12.0. The first-order chi connectivity index (χ1) is 9.11. The molecule has 100 valence electrons. The van der Waals surface area contributed by atoms with Crippen molar-refractivity contribution < 1.29 is 9.53 Å². The predicted octanol–water partition coefficient (Wildman–Crippen LogP) is 0.957. The molecule has 0 saturated heterocycles. The van der Waals surface area contributed by atoms with Crippen LogP contribution in [0.3, 0.4) is 0 Å². The Hall–Kier alpha value is -2.28. The van der Waals surface area contributed by atoms with Gasteiger partial charge in [0.15, 0.2) is 0 Å². The number of hydrogen-bond acceptors (Lipinski definition) is 5. The Kier molecular flexibility index (Phi) is 3.86. The van der Waals surface area contributed by atoms with Gasteiger partial charge in [0.05, 0.1) is 24.9 Å². The molecule has 0 fully saturated rings. The van der Waals surface area contributed by atoms with E-state index >= 15 is 0 Å². The molecule has 1 aromatic carbocycles. The molecule has 2 rings (SSSR count). The Morgan fingerprint density at radius 1 is 1.53 bits per heavy atom. The van der Waals surface area contributed by atoms with Gasteiger partial charge < -0.3 is 20.8 Å². The van der Waals surface area contributed by atoms with Crippen LogP contribution in [0.5, 0.6) is 5.75 Å². The molecule has 0 saturated carbocycles. The third-order valence-corrected chi connectivity index (χ3v) is 3.26. The van der Waals surface area contributed by atoms with Crippen LogP contribution >= 0.6 is 11.3 Å². The molecule has 19 heavy (non-hydrogen) atoms. The van der Waals surface area contributed by atoms with Crippen LogP contribution in [0.2, 0.25) is 0 Å². The lowest BCUT2D eigenvalue weighted by molar-refractivity contribution is 0.0951. The molecule has 0 aliphatic rings. The van der Waals surface area contributed by atoms with E-state index in [-0.39, 0.29) is 17.3 Å². The molecular weight excluding hydrogens is 266 g/mol. The van der Waals surface area contributed by atoms with E-state index in [2.05, 4.69) is 10.3 Å². The molecule has 6 nitrogen and oxygen atoms in total. The van der Waals surface area contributed by atoms with Gasteiger partial charge in [-0.15, -0.1) is 0 Å². The maximum Gasteiger partial charge on any atom is 0.304 e. The summed E-state index contributed by atoms with van der Waals surface area (Å²) in [6, 6.07) is 4.99. The summed E-state index contributed by atoms with van der Waals surface area (Å²) < 4.78 is 5.05. The SMILES string of the molecule is COc1cccc(C(=O)NCc2csc(=O)[nH]2)c1N. The zero-order chi connectivity index (χ0) is 13.8. The summed E-state index contributed by atoms with van der Waals surface area (Å²) in [5.41, 5.74) is 7.12. The minimum Gasteiger partial charge on any atom is -0.495 e. The quantitative estimate of drug-likeness (QED) is 0.726. The van der Waals surface area contributed by atoms with Gasteiger partial charge in [0.2, 0.25) is 0 Å². The monoisotopic (exact) mass is 279 g/mol. The van der Waals surface area contributed by atoms with Gasteiger partial charge in [-0.1, -0.05) is 17.4 Å². The van der Waals surface area contributed by atoms with E-state index in [0.717, 1.165) is 11.3 Å². The summed E-state index contributed by atoms with van der Waals surface area (Å²) in [4.78, 5) is 25.4. The van der Waals surface area contributed by atoms with E-state index in [0.29, 0.717) is 22.7 Å². The highest BCUT2D eigenvalue weighted by atomic mass is 32.1. The molecule has 0 unspecified atom stereocenters. The summed E-state index contributed by atoms with van der Waals surface area (Å²) in [5, 5.41) is 4.35. The minimum atomic E-state index is -0.316. The third kappa shape index (κ3) is 2.94. The number of nitrogens with two attached hydrogens (primary N) is 1. The lowest BCUT2D eigenvalue weighted by Crippen LogP contribution is -2.24. The van der Waals surface area contributed by atoms with Crippen LogP contribution in [0.15, 0.2) is 28.4 Å². The Bertz CT molecular complexity index is 648. The molecule has 0 radical (unpaired) electrons. The Labute approximate surface area is 113 Å². The van der Waals surface area contributed by atoms with Crippen LogP contribution in [-0.2, 0) is 6.54 Å². The first-order valence-electron chi connectivity index (χ1n) is 5.49. The first-order valence-corrected chi connectivity index (χ1v) is 6.37. The van der Waals surface area contributed by atoms with Gasteiger partial charge in [0.25, 0.3) is 5.91 Å². The number of carbonyl (C=O) groups is 1. The van der Waals surface area contributed by atoms with Crippen molar-refractivity contribution in [3.05, 3.63) is 44.5 Å². The highest BCUT2D eigenvalue weighted by molar-refractivity contribution is 7.07. The fourth-order valence-electron chi connectivity index (χ4n) is 1.59. The summed E-state index contributed by atoms with van der Waals surface area (Å²) in [6.45, 7) is 0.244. The van der Waals surface area contributed by atoms with Gasteiger partial charge in [0.1, 0.15) is 5.75 Å². The number of methoxy groups -OCH3 is 1. The van der Waals surface area contributed by atoms with Crippen molar-refractivity contribution in [2.45, 2.75) is 6.54 Å². The second-order valence-corrected chi connectivity index (χ2v) is 4.62. The second kappa shape index (κ2) is 5.57. The average Bonchev–Trinajstić information content (AvgIpc) is 2.82. The molecule has 7 heteroatoms. The van der Waals surface area contributed by atoms with Gasteiger partial charge in [0, 0.05) is 11.1 Å². The molecule has 1 amide bonds. The normalized spacial score (nSPS) is 10.2. The number of para-hydroxylation sites is 1. The molecule has 4 N–H and O–H groups in total. The first kappa shape index (κ1) is 13.2. The van der Waals surface area contributed by atoms with Crippen LogP contribution in [0.25, 0.3) is 0 Å². The van der Waals surface area contributed by atoms with E-state index in [1.807, 2.05) is 0 Å². The number of nitrogens with one attached hydrogen (secondary N) is 2. The lowest BCUT2D eigenvalue weighted by Gasteiger charge is -2.09. The van der Waals surface area contributed by atoms with Crippen molar-refractivity contribution in [1.29, 1.82) is 0 Å².